The molecule has 3 aliphatic carbocycles. The second-order valence-corrected chi connectivity index (χ2v) is 7.36. The fourth-order valence-corrected chi connectivity index (χ4v) is 5.50. The molecule has 1 saturated heterocycles. The Labute approximate surface area is 117 Å². The van der Waals surface area contributed by atoms with Gasteiger partial charge in [0.15, 0.2) is 0 Å². The third-order valence-electron chi connectivity index (χ3n) is 6.33. The minimum Gasteiger partial charge on any atom is -0.371 e. The molecule has 1 aliphatic heterocycles. The van der Waals surface area contributed by atoms with Crippen LogP contribution >= 0.6 is 0 Å². The summed E-state index contributed by atoms with van der Waals surface area (Å²) in [7, 11) is 0. The number of allylic oxidation sites excluding steroid dienone is 1. The molecule has 1 spiro atoms. The highest BCUT2D eigenvalue weighted by Gasteiger charge is 2.51. The molecule has 0 amide bonds. The zero-order chi connectivity index (χ0) is 12.7. The molecule has 0 aromatic carbocycles. The van der Waals surface area contributed by atoms with Crippen molar-refractivity contribution in [3.63, 3.8) is 0 Å². The van der Waals surface area contributed by atoms with Crippen molar-refractivity contribution in [1.82, 2.24) is 0 Å². The maximum Gasteiger partial charge on any atom is 0.0751 e. The molecular weight excluding hydrogens is 232 g/mol. The smallest absolute Gasteiger partial charge is 0.0751 e. The monoisotopic (exact) mass is 260 g/mol. The molecule has 0 unspecified atom stereocenters. The summed E-state index contributed by atoms with van der Waals surface area (Å²) in [4.78, 5) is 0. The first kappa shape index (κ1) is 12.4. The van der Waals surface area contributed by atoms with E-state index >= 15 is 0 Å². The van der Waals surface area contributed by atoms with Crippen LogP contribution in [0.15, 0.2) is 11.6 Å². The Hall–Kier alpha value is -0.300. The van der Waals surface area contributed by atoms with Gasteiger partial charge in [0.25, 0.3) is 0 Å². The Morgan fingerprint density at radius 1 is 0.895 bits per heavy atom. The lowest BCUT2D eigenvalue weighted by molar-refractivity contribution is -0.188. The molecule has 3 atom stereocenters. The Bertz CT molecular complexity index is 364. The third kappa shape index (κ3) is 2.00. The lowest BCUT2D eigenvalue weighted by atomic mass is 9.61. The van der Waals surface area contributed by atoms with Crippen molar-refractivity contribution in [3.8, 4) is 0 Å². The van der Waals surface area contributed by atoms with Gasteiger partial charge in [-0.15, -0.1) is 0 Å². The number of hydrogen-bond acceptors (Lipinski definition) is 1. The summed E-state index contributed by atoms with van der Waals surface area (Å²) >= 11 is 0. The van der Waals surface area contributed by atoms with E-state index in [-0.39, 0.29) is 5.60 Å². The summed E-state index contributed by atoms with van der Waals surface area (Å²) in [5, 5.41) is 0. The SMILES string of the molecule is C1=C2[C@H]3CCCC[C@@H]3OC3(CCCCC3)[C@H]2CCC1. The van der Waals surface area contributed by atoms with E-state index < -0.39 is 0 Å². The fraction of sp³-hybridized carbons (Fsp3) is 0.889. The first-order chi connectivity index (χ1) is 9.39. The van der Waals surface area contributed by atoms with Crippen LogP contribution in [0.1, 0.15) is 77.0 Å². The predicted octanol–water partition coefficient (Wildman–Crippen LogP) is 5.00. The van der Waals surface area contributed by atoms with E-state index in [1.807, 2.05) is 5.57 Å². The van der Waals surface area contributed by atoms with Gasteiger partial charge in [-0.3, -0.25) is 0 Å². The highest BCUT2D eigenvalue weighted by atomic mass is 16.5. The van der Waals surface area contributed by atoms with Crippen LogP contribution in [0.2, 0.25) is 0 Å². The van der Waals surface area contributed by atoms with Crippen LogP contribution in [0.4, 0.5) is 0 Å². The van der Waals surface area contributed by atoms with E-state index in [1.165, 1.54) is 77.0 Å². The van der Waals surface area contributed by atoms with Gasteiger partial charge in [-0.1, -0.05) is 43.8 Å². The second kappa shape index (κ2) is 4.91. The number of ether oxygens (including phenoxy) is 1. The molecular formula is C18H28O. The molecule has 1 heterocycles. The lowest BCUT2D eigenvalue weighted by Crippen LogP contribution is -2.54. The Kier molecular flexibility index (Phi) is 3.22. The normalized spacial score (nSPS) is 41.3. The molecule has 106 valence electrons. The van der Waals surface area contributed by atoms with Crippen LogP contribution in [0.3, 0.4) is 0 Å². The van der Waals surface area contributed by atoms with Crippen molar-refractivity contribution < 1.29 is 4.74 Å². The zero-order valence-electron chi connectivity index (χ0n) is 12.2. The van der Waals surface area contributed by atoms with E-state index in [4.69, 9.17) is 4.74 Å². The number of rotatable bonds is 0. The Morgan fingerprint density at radius 3 is 2.63 bits per heavy atom. The largest absolute Gasteiger partial charge is 0.371 e. The summed E-state index contributed by atoms with van der Waals surface area (Å²) in [6.45, 7) is 0. The predicted molar refractivity (Wildman–Crippen MR) is 78.1 cm³/mol. The van der Waals surface area contributed by atoms with Crippen LogP contribution in [-0.2, 0) is 4.74 Å². The van der Waals surface area contributed by atoms with Crippen LogP contribution in [0.5, 0.6) is 0 Å². The van der Waals surface area contributed by atoms with Gasteiger partial charge in [0.2, 0.25) is 0 Å². The Morgan fingerprint density at radius 2 is 1.74 bits per heavy atom. The van der Waals surface area contributed by atoms with Gasteiger partial charge in [0, 0.05) is 11.8 Å². The molecule has 0 aromatic heterocycles. The summed E-state index contributed by atoms with van der Waals surface area (Å²) in [5.41, 5.74) is 2.12. The van der Waals surface area contributed by atoms with E-state index in [9.17, 15) is 0 Å². The number of fused-ring (bicyclic) bond motifs is 4. The topological polar surface area (TPSA) is 9.23 Å². The molecule has 0 aromatic rings. The molecule has 0 radical (unpaired) electrons. The minimum atomic E-state index is 0.267. The molecule has 1 nitrogen and oxygen atoms in total. The summed E-state index contributed by atoms with van der Waals surface area (Å²) in [6.07, 6.45) is 19.9. The van der Waals surface area contributed by atoms with E-state index in [2.05, 4.69) is 6.08 Å². The number of hydrogen-bond donors (Lipinski definition) is 0. The van der Waals surface area contributed by atoms with Gasteiger partial charge in [-0.05, 0) is 44.9 Å². The maximum atomic E-state index is 6.85. The van der Waals surface area contributed by atoms with Gasteiger partial charge < -0.3 is 4.74 Å². The van der Waals surface area contributed by atoms with Crippen molar-refractivity contribution >= 4 is 0 Å². The third-order valence-corrected chi connectivity index (χ3v) is 6.33. The molecule has 4 rings (SSSR count). The standard InChI is InChI=1S/C18H28O/c1-6-12-18(13-7-1)16-10-4-2-8-14(16)15-9-3-5-11-17(15)19-18/h8,15-17H,1-7,9-13H2/t15-,16+,17+/m1/s1. The van der Waals surface area contributed by atoms with Gasteiger partial charge in [0.1, 0.15) is 0 Å². The van der Waals surface area contributed by atoms with Gasteiger partial charge in [-0.2, -0.15) is 0 Å². The Balaban J connectivity index is 1.69. The van der Waals surface area contributed by atoms with Gasteiger partial charge in [0.05, 0.1) is 11.7 Å². The lowest BCUT2D eigenvalue weighted by Gasteiger charge is -2.55. The van der Waals surface area contributed by atoms with Crippen LogP contribution < -0.4 is 0 Å². The van der Waals surface area contributed by atoms with E-state index in [0.717, 1.165) is 11.8 Å². The van der Waals surface area contributed by atoms with Crippen LogP contribution in [0, 0.1) is 11.8 Å². The van der Waals surface area contributed by atoms with Crippen molar-refractivity contribution in [2.45, 2.75) is 88.8 Å². The van der Waals surface area contributed by atoms with Gasteiger partial charge >= 0.3 is 0 Å². The zero-order valence-corrected chi connectivity index (χ0v) is 12.2. The average Bonchev–Trinajstić information content (AvgIpc) is 2.49. The summed E-state index contributed by atoms with van der Waals surface area (Å²) in [6, 6.07) is 0. The average molecular weight is 260 g/mol. The van der Waals surface area contributed by atoms with E-state index in [1.54, 1.807) is 0 Å². The second-order valence-electron chi connectivity index (χ2n) is 7.36. The highest BCUT2D eigenvalue weighted by Crippen LogP contribution is 2.54. The molecule has 19 heavy (non-hydrogen) atoms. The van der Waals surface area contributed by atoms with E-state index in [0.29, 0.717) is 6.10 Å². The minimum absolute atomic E-state index is 0.267. The van der Waals surface area contributed by atoms with Crippen molar-refractivity contribution in [1.29, 1.82) is 0 Å². The van der Waals surface area contributed by atoms with Crippen molar-refractivity contribution in [2.24, 2.45) is 11.8 Å². The maximum absolute atomic E-state index is 6.85. The molecule has 4 aliphatic rings. The molecule has 0 N–H and O–H groups in total. The first-order valence-electron chi connectivity index (χ1n) is 8.77. The molecule has 0 bridgehead atoms. The molecule has 1 heteroatoms. The van der Waals surface area contributed by atoms with Gasteiger partial charge in [-0.25, -0.2) is 0 Å². The quantitative estimate of drug-likeness (QED) is 0.557. The van der Waals surface area contributed by atoms with Crippen LogP contribution in [-0.4, -0.2) is 11.7 Å². The molecule has 3 fully saturated rings. The van der Waals surface area contributed by atoms with Crippen molar-refractivity contribution in [2.75, 3.05) is 0 Å². The fourth-order valence-electron chi connectivity index (χ4n) is 5.50. The summed E-state index contributed by atoms with van der Waals surface area (Å²) < 4.78 is 6.85. The summed E-state index contributed by atoms with van der Waals surface area (Å²) in [5.74, 6) is 1.59. The van der Waals surface area contributed by atoms with Crippen molar-refractivity contribution in [3.05, 3.63) is 11.6 Å². The molecule has 2 saturated carbocycles. The first-order valence-corrected chi connectivity index (χ1v) is 8.77. The highest BCUT2D eigenvalue weighted by molar-refractivity contribution is 5.24. The van der Waals surface area contributed by atoms with Crippen LogP contribution in [0.25, 0.3) is 0 Å².